The number of rotatable bonds is 4. The average molecular weight is 407 g/mol. The number of carbonyl (C=O) groups is 1. The van der Waals surface area contributed by atoms with Gasteiger partial charge in [-0.05, 0) is 32.0 Å². The summed E-state index contributed by atoms with van der Waals surface area (Å²) in [6.07, 6.45) is 1.85. The number of hydrogen-bond donors (Lipinski definition) is 0. The lowest BCUT2D eigenvalue weighted by atomic mass is 10.2. The number of hydrogen-bond acceptors (Lipinski definition) is 4. The molecule has 1 fully saturated rings. The third kappa shape index (κ3) is 4.10. The van der Waals surface area contributed by atoms with Crippen LogP contribution >= 0.6 is 15.9 Å². The van der Waals surface area contributed by atoms with Crippen molar-refractivity contribution in [2.24, 2.45) is 0 Å². The molecule has 2 heterocycles. The van der Waals surface area contributed by atoms with Gasteiger partial charge in [0, 0.05) is 49.7 Å². The molecule has 1 amide bonds. The third-order valence-corrected chi connectivity index (χ3v) is 5.24. The number of nitrogens with zero attached hydrogens (tertiary/aromatic N) is 4. The first-order valence-corrected chi connectivity index (χ1v) is 9.41. The first-order valence-electron chi connectivity index (χ1n) is 8.62. The number of amides is 1. The quantitative estimate of drug-likeness (QED) is 0.779. The van der Waals surface area contributed by atoms with Crippen LogP contribution in [0.15, 0.2) is 33.8 Å². The molecule has 1 aromatic heterocycles. The number of halogens is 1. The molecule has 1 aliphatic rings. The van der Waals surface area contributed by atoms with E-state index >= 15 is 0 Å². The molecule has 0 unspecified atom stereocenters. The Labute approximate surface area is 155 Å². The Morgan fingerprint density at radius 2 is 1.96 bits per heavy atom. The Hall–Kier alpha value is -1.73. The Morgan fingerprint density at radius 1 is 1.24 bits per heavy atom. The molecule has 0 saturated carbocycles. The molecule has 0 N–H and O–H groups in total. The van der Waals surface area contributed by atoms with E-state index in [0.29, 0.717) is 29.9 Å². The second-order valence-corrected chi connectivity index (χ2v) is 7.58. The van der Waals surface area contributed by atoms with E-state index in [1.54, 1.807) is 6.07 Å². The van der Waals surface area contributed by atoms with Crippen molar-refractivity contribution in [3.63, 3.8) is 0 Å². The maximum Gasteiger partial charge on any atom is 0.261 e. The lowest BCUT2D eigenvalue weighted by Gasteiger charge is -2.37. The van der Waals surface area contributed by atoms with Crippen molar-refractivity contribution in [2.75, 3.05) is 26.2 Å². The van der Waals surface area contributed by atoms with Gasteiger partial charge >= 0.3 is 0 Å². The van der Waals surface area contributed by atoms with Gasteiger partial charge in [0.05, 0.1) is 17.2 Å². The van der Waals surface area contributed by atoms with Crippen LogP contribution in [-0.2, 0) is 11.3 Å². The summed E-state index contributed by atoms with van der Waals surface area (Å²) in [6.45, 7) is 8.05. The van der Waals surface area contributed by atoms with E-state index in [1.165, 1.54) is 10.9 Å². The van der Waals surface area contributed by atoms with Crippen molar-refractivity contribution in [2.45, 2.75) is 32.9 Å². The lowest BCUT2D eigenvalue weighted by molar-refractivity contribution is -0.133. The molecule has 0 aliphatic carbocycles. The highest BCUT2D eigenvalue weighted by Crippen LogP contribution is 2.15. The minimum absolute atomic E-state index is 0.102. The molecule has 0 radical (unpaired) electrons. The molecule has 0 atom stereocenters. The molecular formula is C18H23BrN4O2. The number of carbonyl (C=O) groups excluding carboxylic acids is 1. The Balaban J connectivity index is 1.64. The first-order chi connectivity index (χ1) is 12.0. The van der Waals surface area contributed by atoms with Crippen LogP contribution < -0.4 is 5.56 Å². The van der Waals surface area contributed by atoms with Gasteiger partial charge in [-0.15, -0.1) is 0 Å². The molecule has 0 spiro atoms. The summed E-state index contributed by atoms with van der Waals surface area (Å²) < 4.78 is 2.37. The van der Waals surface area contributed by atoms with Gasteiger partial charge < -0.3 is 4.90 Å². The van der Waals surface area contributed by atoms with Gasteiger partial charge in [0.25, 0.3) is 5.56 Å². The maximum absolute atomic E-state index is 12.6. The zero-order chi connectivity index (χ0) is 18.0. The molecule has 1 aromatic carbocycles. The summed E-state index contributed by atoms with van der Waals surface area (Å²) in [6, 6.07) is 5.96. The maximum atomic E-state index is 12.6. The van der Waals surface area contributed by atoms with Gasteiger partial charge in [-0.25, -0.2) is 4.98 Å². The predicted octanol–water partition coefficient (Wildman–Crippen LogP) is 2.10. The molecule has 2 aromatic rings. The summed E-state index contributed by atoms with van der Waals surface area (Å²) in [4.78, 5) is 33.6. The van der Waals surface area contributed by atoms with Crippen molar-refractivity contribution < 1.29 is 4.79 Å². The number of aryl methyl sites for hydroxylation is 1. The van der Waals surface area contributed by atoms with Gasteiger partial charge in [-0.3, -0.25) is 19.1 Å². The van der Waals surface area contributed by atoms with E-state index in [9.17, 15) is 9.59 Å². The van der Waals surface area contributed by atoms with Gasteiger partial charge in [0.2, 0.25) is 5.91 Å². The second-order valence-electron chi connectivity index (χ2n) is 6.67. The van der Waals surface area contributed by atoms with E-state index in [2.05, 4.69) is 39.7 Å². The van der Waals surface area contributed by atoms with E-state index in [-0.39, 0.29) is 11.5 Å². The Morgan fingerprint density at radius 3 is 2.64 bits per heavy atom. The topological polar surface area (TPSA) is 58.4 Å². The Kier molecular flexibility index (Phi) is 5.54. The largest absolute Gasteiger partial charge is 0.340 e. The highest BCUT2D eigenvalue weighted by atomic mass is 79.9. The fourth-order valence-electron chi connectivity index (χ4n) is 3.15. The smallest absolute Gasteiger partial charge is 0.261 e. The minimum Gasteiger partial charge on any atom is -0.340 e. The van der Waals surface area contributed by atoms with Crippen LogP contribution in [0.4, 0.5) is 0 Å². The lowest BCUT2D eigenvalue weighted by Crippen LogP contribution is -2.50. The van der Waals surface area contributed by atoms with Crippen LogP contribution in [0.3, 0.4) is 0 Å². The summed E-state index contributed by atoms with van der Waals surface area (Å²) >= 11 is 3.38. The fourth-order valence-corrected chi connectivity index (χ4v) is 3.51. The van der Waals surface area contributed by atoms with Gasteiger partial charge in [0.15, 0.2) is 0 Å². The average Bonchev–Trinajstić information content (AvgIpc) is 2.61. The van der Waals surface area contributed by atoms with E-state index in [1.807, 2.05) is 17.0 Å². The van der Waals surface area contributed by atoms with Crippen LogP contribution in [0, 0.1) is 0 Å². The molecule has 0 bridgehead atoms. The van der Waals surface area contributed by atoms with Crippen LogP contribution in [0.25, 0.3) is 10.9 Å². The van der Waals surface area contributed by atoms with Gasteiger partial charge in [-0.2, -0.15) is 0 Å². The molecule has 25 heavy (non-hydrogen) atoms. The van der Waals surface area contributed by atoms with Crippen molar-refractivity contribution in [1.29, 1.82) is 0 Å². The van der Waals surface area contributed by atoms with Gasteiger partial charge in [0.1, 0.15) is 0 Å². The monoisotopic (exact) mass is 406 g/mol. The van der Waals surface area contributed by atoms with Crippen LogP contribution in [0.5, 0.6) is 0 Å². The normalized spacial score (nSPS) is 15.9. The summed E-state index contributed by atoms with van der Waals surface area (Å²) in [5, 5.41) is 0.565. The zero-order valence-electron chi connectivity index (χ0n) is 14.6. The second kappa shape index (κ2) is 7.66. The first kappa shape index (κ1) is 18.1. The predicted molar refractivity (Wildman–Crippen MR) is 102 cm³/mol. The molecule has 1 aliphatic heterocycles. The fraction of sp³-hybridized carbons (Fsp3) is 0.500. The highest BCUT2D eigenvalue weighted by molar-refractivity contribution is 9.10. The summed E-state index contributed by atoms with van der Waals surface area (Å²) in [5.41, 5.74) is 0.560. The molecule has 7 heteroatoms. The van der Waals surface area contributed by atoms with E-state index < -0.39 is 0 Å². The van der Waals surface area contributed by atoms with E-state index in [0.717, 1.165) is 30.7 Å². The zero-order valence-corrected chi connectivity index (χ0v) is 16.2. The molecule has 6 nitrogen and oxygen atoms in total. The van der Waals surface area contributed by atoms with Crippen LogP contribution in [-0.4, -0.2) is 57.5 Å². The standard InChI is InChI=1S/C18H23BrN4O2/c1-13(2)21-7-9-22(10-8-21)17(24)5-6-23-12-20-16-4-3-14(19)11-15(16)18(23)25/h3-4,11-13H,5-10H2,1-2H3. The SMILES string of the molecule is CC(C)N1CCN(C(=O)CCn2cnc3ccc(Br)cc3c2=O)CC1. The minimum atomic E-state index is -0.108. The summed E-state index contributed by atoms with van der Waals surface area (Å²) in [7, 11) is 0. The van der Waals surface area contributed by atoms with Crippen molar-refractivity contribution in [3.05, 3.63) is 39.4 Å². The van der Waals surface area contributed by atoms with Crippen LogP contribution in [0.1, 0.15) is 20.3 Å². The molecule has 1 saturated heterocycles. The number of piperazine rings is 1. The van der Waals surface area contributed by atoms with Crippen molar-refractivity contribution >= 4 is 32.7 Å². The van der Waals surface area contributed by atoms with Crippen molar-refractivity contribution in [3.8, 4) is 0 Å². The number of benzene rings is 1. The number of aromatic nitrogens is 2. The molecule has 134 valence electrons. The Bertz CT molecular complexity index is 825. The highest BCUT2D eigenvalue weighted by Gasteiger charge is 2.22. The van der Waals surface area contributed by atoms with E-state index in [4.69, 9.17) is 0 Å². The van der Waals surface area contributed by atoms with Gasteiger partial charge in [-0.1, -0.05) is 15.9 Å². The molecule has 3 rings (SSSR count). The van der Waals surface area contributed by atoms with Crippen LogP contribution in [0.2, 0.25) is 0 Å². The molecular weight excluding hydrogens is 384 g/mol. The van der Waals surface area contributed by atoms with Crippen molar-refractivity contribution in [1.82, 2.24) is 19.4 Å². The third-order valence-electron chi connectivity index (χ3n) is 4.75. The number of fused-ring (bicyclic) bond motifs is 1. The summed E-state index contributed by atoms with van der Waals surface area (Å²) in [5.74, 6) is 0.102.